The average Bonchev–Trinajstić information content (AvgIpc) is 2.08. The molecule has 0 saturated heterocycles. The van der Waals surface area contributed by atoms with Crippen LogP contribution in [0.4, 0.5) is 0 Å². The van der Waals surface area contributed by atoms with Gasteiger partial charge < -0.3 is 4.90 Å². The van der Waals surface area contributed by atoms with Crippen LogP contribution in [0.3, 0.4) is 0 Å². The molecule has 0 atom stereocenters. The van der Waals surface area contributed by atoms with E-state index in [1.165, 1.54) is 0 Å². The molecule has 13 heavy (non-hydrogen) atoms. The lowest BCUT2D eigenvalue weighted by molar-refractivity contribution is 0.0826. The monoisotopic (exact) mass is 289 g/mol. The molecule has 70 valence electrons. The van der Waals surface area contributed by atoms with E-state index in [0.717, 1.165) is 14.7 Å². The van der Waals surface area contributed by atoms with Gasteiger partial charge in [0, 0.05) is 17.7 Å². The van der Waals surface area contributed by atoms with Crippen LogP contribution in [0.2, 0.25) is 0 Å². The molecule has 3 heteroatoms. The molecule has 1 rings (SSSR count). The normalized spacial score (nSPS) is 9.85. The van der Waals surface area contributed by atoms with Gasteiger partial charge in [-0.3, -0.25) is 4.79 Å². The van der Waals surface area contributed by atoms with Crippen molar-refractivity contribution in [3.8, 4) is 0 Å². The van der Waals surface area contributed by atoms with E-state index >= 15 is 0 Å². The van der Waals surface area contributed by atoms with Crippen molar-refractivity contribution in [3.63, 3.8) is 0 Å². The van der Waals surface area contributed by atoms with Gasteiger partial charge in [-0.2, -0.15) is 0 Å². The van der Waals surface area contributed by atoms with Crippen LogP contribution in [0.15, 0.2) is 18.2 Å². The molecule has 0 fully saturated rings. The molecule has 0 aliphatic carbocycles. The number of carbonyl (C=O) groups excluding carboxylic acids is 1. The maximum absolute atomic E-state index is 11.6. The minimum Gasteiger partial charge on any atom is -0.345 e. The second-order valence-electron chi connectivity index (χ2n) is 3.18. The summed E-state index contributed by atoms with van der Waals surface area (Å²) in [5, 5.41) is 0. The van der Waals surface area contributed by atoms with Crippen LogP contribution >= 0.6 is 22.6 Å². The van der Waals surface area contributed by atoms with Gasteiger partial charge in [-0.1, -0.05) is 11.6 Å². The van der Waals surface area contributed by atoms with Crippen molar-refractivity contribution >= 4 is 28.5 Å². The van der Waals surface area contributed by atoms with Crippen molar-refractivity contribution in [1.29, 1.82) is 0 Å². The Balaban J connectivity index is 3.13. The van der Waals surface area contributed by atoms with Gasteiger partial charge in [0.05, 0.1) is 5.56 Å². The highest BCUT2D eigenvalue weighted by atomic mass is 127. The van der Waals surface area contributed by atoms with E-state index in [0.29, 0.717) is 0 Å². The molecular formula is C10H12INO. The summed E-state index contributed by atoms with van der Waals surface area (Å²) in [6.45, 7) is 1.99. The Kier molecular flexibility index (Phi) is 3.30. The highest BCUT2D eigenvalue weighted by molar-refractivity contribution is 14.1. The Morgan fingerprint density at radius 1 is 1.38 bits per heavy atom. The van der Waals surface area contributed by atoms with E-state index in [9.17, 15) is 4.79 Å². The number of hydrogen-bond acceptors (Lipinski definition) is 1. The Labute approximate surface area is 92.1 Å². The Bertz CT molecular complexity index is 334. The van der Waals surface area contributed by atoms with E-state index in [4.69, 9.17) is 0 Å². The molecule has 1 aromatic carbocycles. The van der Waals surface area contributed by atoms with Crippen LogP contribution in [0.25, 0.3) is 0 Å². The average molecular weight is 289 g/mol. The topological polar surface area (TPSA) is 20.3 Å². The zero-order valence-corrected chi connectivity index (χ0v) is 10.1. The van der Waals surface area contributed by atoms with Crippen molar-refractivity contribution in [2.45, 2.75) is 6.92 Å². The van der Waals surface area contributed by atoms with E-state index in [1.54, 1.807) is 19.0 Å². The van der Waals surface area contributed by atoms with Gasteiger partial charge in [0.15, 0.2) is 0 Å². The molecule has 0 N–H and O–H groups in total. The number of rotatable bonds is 1. The van der Waals surface area contributed by atoms with Gasteiger partial charge in [-0.05, 0) is 41.6 Å². The first kappa shape index (κ1) is 10.5. The maximum Gasteiger partial charge on any atom is 0.254 e. The standard InChI is InChI=1S/C10H12INO/c1-7-4-5-9(11)8(6-7)10(13)12(2)3/h4-6H,1-3H3. The summed E-state index contributed by atoms with van der Waals surface area (Å²) in [6.07, 6.45) is 0. The fraction of sp³-hybridized carbons (Fsp3) is 0.300. The van der Waals surface area contributed by atoms with Crippen molar-refractivity contribution in [3.05, 3.63) is 32.9 Å². The Morgan fingerprint density at radius 2 is 2.00 bits per heavy atom. The first-order valence-electron chi connectivity index (χ1n) is 4.00. The third-order valence-corrected chi connectivity index (χ3v) is 2.70. The fourth-order valence-corrected chi connectivity index (χ4v) is 1.61. The number of benzene rings is 1. The molecule has 1 aromatic rings. The van der Waals surface area contributed by atoms with Gasteiger partial charge in [0.25, 0.3) is 5.91 Å². The van der Waals surface area contributed by atoms with Crippen LogP contribution in [-0.2, 0) is 0 Å². The Morgan fingerprint density at radius 3 is 2.54 bits per heavy atom. The third kappa shape index (κ3) is 2.43. The predicted octanol–water partition coefficient (Wildman–Crippen LogP) is 2.30. The highest BCUT2D eigenvalue weighted by Crippen LogP contribution is 2.15. The molecule has 0 aliphatic rings. The molecule has 0 bridgehead atoms. The van der Waals surface area contributed by atoms with Crippen LogP contribution in [0, 0.1) is 10.5 Å². The number of halogens is 1. The summed E-state index contributed by atoms with van der Waals surface area (Å²) in [5.41, 5.74) is 1.90. The van der Waals surface area contributed by atoms with E-state index in [1.807, 2.05) is 25.1 Å². The van der Waals surface area contributed by atoms with E-state index < -0.39 is 0 Å². The maximum atomic E-state index is 11.6. The minimum absolute atomic E-state index is 0.0631. The fourth-order valence-electron chi connectivity index (χ4n) is 1.04. The number of carbonyl (C=O) groups is 1. The largest absolute Gasteiger partial charge is 0.345 e. The quantitative estimate of drug-likeness (QED) is 0.726. The zero-order chi connectivity index (χ0) is 10.0. The van der Waals surface area contributed by atoms with Crippen LogP contribution in [0.5, 0.6) is 0 Å². The molecule has 1 amide bonds. The minimum atomic E-state index is 0.0631. The van der Waals surface area contributed by atoms with Gasteiger partial charge in [-0.25, -0.2) is 0 Å². The van der Waals surface area contributed by atoms with E-state index in [2.05, 4.69) is 22.6 Å². The smallest absolute Gasteiger partial charge is 0.254 e. The van der Waals surface area contributed by atoms with E-state index in [-0.39, 0.29) is 5.91 Å². The first-order chi connectivity index (χ1) is 6.02. The molecule has 0 spiro atoms. The molecule has 0 heterocycles. The summed E-state index contributed by atoms with van der Waals surface area (Å²) in [6, 6.07) is 5.89. The molecule has 0 aromatic heterocycles. The zero-order valence-electron chi connectivity index (χ0n) is 7.97. The molecule has 0 saturated carbocycles. The molecule has 2 nitrogen and oxygen atoms in total. The molecular weight excluding hydrogens is 277 g/mol. The molecule has 0 aliphatic heterocycles. The molecule has 0 radical (unpaired) electrons. The predicted molar refractivity (Wildman–Crippen MR) is 61.9 cm³/mol. The first-order valence-corrected chi connectivity index (χ1v) is 5.08. The summed E-state index contributed by atoms with van der Waals surface area (Å²) >= 11 is 2.18. The van der Waals surface area contributed by atoms with Crippen molar-refractivity contribution in [1.82, 2.24) is 4.90 Å². The van der Waals surface area contributed by atoms with Crippen LogP contribution in [-0.4, -0.2) is 24.9 Å². The van der Waals surface area contributed by atoms with Crippen molar-refractivity contribution in [2.24, 2.45) is 0 Å². The summed E-state index contributed by atoms with van der Waals surface area (Å²) < 4.78 is 1.00. The lowest BCUT2D eigenvalue weighted by atomic mass is 10.1. The summed E-state index contributed by atoms with van der Waals surface area (Å²) in [4.78, 5) is 13.2. The summed E-state index contributed by atoms with van der Waals surface area (Å²) in [7, 11) is 3.53. The number of aryl methyl sites for hydroxylation is 1. The number of amides is 1. The highest BCUT2D eigenvalue weighted by Gasteiger charge is 2.11. The Hall–Kier alpha value is -0.580. The second-order valence-corrected chi connectivity index (χ2v) is 4.35. The molecule has 0 unspecified atom stereocenters. The van der Waals surface area contributed by atoms with Crippen molar-refractivity contribution in [2.75, 3.05) is 14.1 Å². The van der Waals surface area contributed by atoms with Crippen LogP contribution in [0.1, 0.15) is 15.9 Å². The lowest BCUT2D eigenvalue weighted by Crippen LogP contribution is -2.22. The van der Waals surface area contributed by atoms with Gasteiger partial charge in [-0.15, -0.1) is 0 Å². The lowest BCUT2D eigenvalue weighted by Gasteiger charge is -2.11. The second kappa shape index (κ2) is 4.09. The van der Waals surface area contributed by atoms with Gasteiger partial charge in [0.2, 0.25) is 0 Å². The number of nitrogens with zero attached hydrogens (tertiary/aromatic N) is 1. The van der Waals surface area contributed by atoms with Gasteiger partial charge in [0.1, 0.15) is 0 Å². The SMILES string of the molecule is Cc1ccc(I)c(C(=O)N(C)C)c1. The van der Waals surface area contributed by atoms with Crippen LogP contribution < -0.4 is 0 Å². The number of hydrogen-bond donors (Lipinski definition) is 0. The third-order valence-electron chi connectivity index (χ3n) is 1.76. The van der Waals surface area contributed by atoms with Crippen molar-refractivity contribution < 1.29 is 4.79 Å². The summed E-state index contributed by atoms with van der Waals surface area (Å²) in [5.74, 6) is 0.0631. The van der Waals surface area contributed by atoms with Gasteiger partial charge >= 0.3 is 0 Å².